The first-order valence-corrected chi connectivity index (χ1v) is 9.05. The summed E-state index contributed by atoms with van der Waals surface area (Å²) in [5.41, 5.74) is 2.25. The highest BCUT2D eigenvalue weighted by Gasteiger charge is 2.13. The van der Waals surface area contributed by atoms with Crippen LogP contribution < -0.4 is 5.32 Å². The average Bonchev–Trinajstić information content (AvgIpc) is 3.21. The van der Waals surface area contributed by atoms with Crippen molar-refractivity contribution in [3.8, 4) is 0 Å². The second-order valence-corrected chi connectivity index (χ2v) is 7.19. The third kappa shape index (κ3) is 4.18. The lowest BCUT2D eigenvalue weighted by Crippen LogP contribution is -2.22. The Balaban J connectivity index is 1.53. The molecule has 0 unspecified atom stereocenters. The highest BCUT2D eigenvalue weighted by Crippen LogP contribution is 2.22. The molecule has 0 atom stereocenters. The van der Waals surface area contributed by atoms with Gasteiger partial charge in [0.15, 0.2) is 5.16 Å². The van der Waals surface area contributed by atoms with E-state index in [0.29, 0.717) is 17.3 Å². The maximum absolute atomic E-state index is 12.1. The summed E-state index contributed by atoms with van der Waals surface area (Å²) < 4.78 is 1.83. The topological polar surface area (TPSA) is 85.6 Å². The van der Waals surface area contributed by atoms with Crippen LogP contribution in [0.5, 0.6) is 0 Å². The molecule has 9 heteroatoms. The van der Waals surface area contributed by atoms with Crippen molar-refractivity contribution in [3.63, 3.8) is 0 Å². The van der Waals surface area contributed by atoms with Gasteiger partial charge >= 0.3 is 0 Å². The van der Waals surface area contributed by atoms with Gasteiger partial charge in [-0.25, -0.2) is 0 Å². The fourth-order valence-electron chi connectivity index (χ4n) is 1.90. The number of aromatic nitrogens is 5. The van der Waals surface area contributed by atoms with E-state index in [4.69, 9.17) is 0 Å². The van der Waals surface area contributed by atoms with Crippen LogP contribution >= 0.6 is 23.1 Å². The first-order chi connectivity index (χ1) is 11.6. The zero-order chi connectivity index (χ0) is 16.9. The van der Waals surface area contributed by atoms with Gasteiger partial charge in [-0.15, -0.1) is 20.4 Å². The maximum atomic E-state index is 12.1. The fraction of sp³-hybridized carbons (Fsp3) is 0.267. The van der Waals surface area contributed by atoms with Crippen molar-refractivity contribution in [1.82, 2.24) is 30.3 Å². The van der Waals surface area contributed by atoms with Crippen molar-refractivity contribution in [2.75, 3.05) is 0 Å². The van der Waals surface area contributed by atoms with Crippen LogP contribution in [0.15, 0.2) is 35.7 Å². The highest BCUT2D eigenvalue weighted by atomic mass is 32.2. The van der Waals surface area contributed by atoms with Gasteiger partial charge in [-0.3, -0.25) is 4.79 Å². The molecule has 0 aliphatic carbocycles. The van der Waals surface area contributed by atoms with Crippen LogP contribution in [-0.2, 0) is 19.3 Å². The number of rotatable bonds is 6. The molecule has 0 spiro atoms. The molecule has 3 rings (SSSR count). The zero-order valence-electron chi connectivity index (χ0n) is 13.3. The van der Waals surface area contributed by atoms with Crippen LogP contribution in [0.4, 0.5) is 0 Å². The zero-order valence-corrected chi connectivity index (χ0v) is 14.9. The van der Waals surface area contributed by atoms with Crippen LogP contribution in [0, 0.1) is 6.92 Å². The maximum Gasteiger partial charge on any atom is 0.282 e. The van der Waals surface area contributed by atoms with Crippen LogP contribution in [0.25, 0.3) is 0 Å². The average molecular weight is 360 g/mol. The Morgan fingerprint density at radius 3 is 2.75 bits per heavy atom. The summed E-state index contributed by atoms with van der Waals surface area (Å²) in [6, 6.07) is 8.04. The molecular formula is C15H16N6OS2. The number of carbonyl (C=O) groups is 1. The minimum absolute atomic E-state index is 0.206. The number of aryl methyl sites for hydroxylation is 2. The normalized spacial score (nSPS) is 10.8. The molecule has 1 aromatic carbocycles. The SMILES string of the molecule is Cc1ccc(CNC(=O)c2nnc(CSc3nncn3C)s2)cc1. The lowest BCUT2D eigenvalue weighted by atomic mass is 10.1. The van der Waals surface area contributed by atoms with Gasteiger partial charge in [0, 0.05) is 13.6 Å². The Hall–Kier alpha value is -2.26. The Kier molecular flexibility index (Phi) is 5.21. The van der Waals surface area contributed by atoms with Gasteiger partial charge in [-0.05, 0) is 12.5 Å². The molecule has 2 heterocycles. The first-order valence-electron chi connectivity index (χ1n) is 7.25. The van der Waals surface area contributed by atoms with E-state index < -0.39 is 0 Å². The van der Waals surface area contributed by atoms with Crippen molar-refractivity contribution in [2.24, 2.45) is 7.05 Å². The number of benzene rings is 1. The van der Waals surface area contributed by atoms with Gasteiger partial charge in [-0.2, -0.15) is 0 Å². The molecule has 2 aromatic heterocycles. The molecule has 3 aromatic rings. The quantitative estimate of drug-likeness (QED) is 0.678. The van der Waals surface area contributed by atoms with Crippen molar-refractivity contribution >= 4 is 29.0 Å². The molecule has 0 aliphatic heterocycles. The Morgan fingerprint density at radius 2 is 2.04 bits per heavy atom. The molecule has 7 nitrogen and oxygen atoms in total. The van der Waals surface area contributed by atoms with E-state index in [1.807, 2.05) is 42.8 Å². The molecule has 1 amide bonds. The Bertz CT molecular complexity index is 827. The summed E-state index contributed by atoms with van der Waals surface area (Å²) in [6.45, 7) is 2.51. The van der Waals surface area contributed by atoms with E-state index in [1.54, 1.807) is 6.33 Å². The number of hydrogen-bond acceptors (Lipinski definition) is 7. The van der Waals surface area contributed by atoms with E-state index in [2.05, 4.69) is 25.7 Å². The molecule has 0 aliphatic rings. The predicted molar refractivity (Wildman–Crippen MR) is 92.8 cm³/mol. The lowest BCUT2D eigenvalue weighted by Gasteiger charge is -2.03. The molecular weight excluding hydrogens is 344 g/mol. The van der Waals surface area contributed by atoms with E-state index in [-0.39, 0.29) is 5.91 Å². The number of carbonyl (C=O) groups excluding carboxylic acids is 1. The van der Waals surface area contributed by atoms with Gasteiger partial charge in [0.2, 0.25) is 5.01 Å². The molecule has 0 fully saturated rings. The van der Waals surface area contributed by atoms with Gasteiger partial charge in [0.1, 0.15) is 11.3 Å². The van der Waals surface area contributed by atoms with Crippen molar-refractivity contribution in [3.05, 3.63) is 51.7 Å². The lowest BCUT2D eigenvalue weighted by molar-refractivity contribution is 0.0950. The largest absolute Gasteiger partial charge is 0.346 e. The van der Waals surface area contributed by atoms with E-state index in [1.165, 1.54) is 28.7 Å². The third-order valence-electron chi connectivity index (χ3n) is 3.23. The minimum atomic E-state index is -0.206. The minimum Gasteiger partial charge on any atom is -0.346 e. The smallest absolute Gasteiger partial charge is 0.282 e. The van der Waals surface area contributed by atoms with Crippen LogP contribution in [-0.4, -0.2) is 30.9 Å². The third-order valence-corrected chi connectivity index (χ3v) is 5.38. The Morgan fingerprint density at radius 1 is 1.25 bits per heavy atom. The molecule has 0 saturated carbocycles. The fourth-order valence-corrected chi connectivity index (χ4v) is 3.53. The van der Waals surface area contributed by atoms with Crippen molar-refractivity contribution in [2.45, 2.75) is 24.4 Å². The van der Waals surface area contributed by atoms with Crippen LogP contribution in [0.1, 0.15) is 25.9 Å². The van der Waals surface area contributed by atoms with Gasteiger partial charge in [-0.1, -0.05) is 52.9 Å². The predicted octanol–water partition coefficient (Wildman–Crippen LogP) is 2.20. The van der Waals surface area contributed by atoms with E-state index in [0.717, 1.165) is 15.7 Å². The van der Waals surface area contributed by atoms with Crippen molar-refractivity contribution in [1.29, 1.82) is 0 Å². The molecule has 24 heavy (non-hydrogen) atoms. The Labute approximate surface area is 147 Å². The first kappa shape index (κ1) is 16.6. The molecule has 124 valence electrons. The monoisotopic (exact) mass is 360 g/mol. The highest BCUT2D eigenvalue weighted by molar-refractivity contribution is 7.98. The van der Waals surface area contributed by atoms with E-state index in [9.17, 15) is 4.79 Å². The summed E-state index contributed by atoms with van der Waals surface area (Å²) in [5, 5.41) is 20.7. The summed E-state index contributed by atoms with van der Waals surface area (Å²) in [6.07, 6.45) is 1.65. The number of nitrogens with one attached hydrogen (secondary N) is 1. The number of nitrogens with zero attached hydrogens (tertiary/aromatic N) is 5. The molecule has 0 radical (unpaired) electrons. The van der Waals surface area contributed by atoms with Gasteiger partial charge < -0.3 is 9.88 Å². The van der Waals surface area contributed by atoms with Gasteiger partial charge in [0.05, 0.1) is 5.75 Å². The number of thioether (sulfide) groups is 1. The van der Waals surface area contributed by atoms with Gasteiger partial charge in [0.25, 0.3) is 5.91 Å². The number of hydrogen-bond donors (Lipinski definition) is 1. The van der Waals surface area contributed by atoms with E-state index >= 15 is 0 Å². The number of amides is 1. The summed E-state index contributed by atoms with van der Waals surface area (Å²) >= 11 is 2.80. The second kappa shape index (κ2) is 7.54. The van der Waals surface area contributed by atoms with Crippen LogP contribution in [0.2, 0.25) is 0 Å². The molecule has 0 saturated heterocycles. The van der Waals surface area contributed by atoms with Crippen molar-refractivity contribution < 1.29 is 4.79 Å². The summed E-state index contributed by atoms with van der Waals surface area (Å²) in [5.74, 6) is 0.401. The summed E-state index contributed by atoms with van der Waals surface area (Å²) in [4.78, 5) is 12.1. The molecule has 1 N–H and O–H groups in total. The standard InChI is InChI=1S/C15H16N6OS2/c1-10-3-5-11(6-4-10)7-16-13(22)14-19-18-12(24-14)8-23-15-20-17-9-21(15)2/h3-6,9H,7-8H2,1-2H3,(H,16,22). The van der Waals surface area contributed by atoms with Crippen LogP contribution in [0.3, 0.4) is 0 Å². The summed E-state index contributed by atoms with van der Waals surface area (Å²) in [7, 11) is 1.88. The molecule has 0 bridgehead atoms. The second-order valence-electron chi connectivity index (χ2n) is 5.18.